The molecule has 0 amide bonds. The van der Waals surface area contributed by atoms with Crippen LogP contribution >= 0.6 is 10.7 Å². The standard InChI is InChI=1S/C12H21ClN2O3S/c1-4-6-7-15-8-12(19(13,16)17)11(14-15)9-18-10(3)5-2/h8,10H,4-7,9H2,1-3H3. The van der Waals surface area contributed by atoms with E-state index in [4.69, 9.17) is 15.4 Å². The van der Waals surface area contributed by atoms with Crippen molar-refractivity contribution < 1.29 is 13.2 Å². The summed E-state index contributed by atoms with van der Waals surface area (Å²) in [6, 6.07) is 0. The number of aryl methyl sites for hydroxylation is 1. The van der Waals surface area contributed by atoms with E-state index in [0.717, 1.165) is 19.3 Å². The van der Waals surface area contributed by atoms with Crippen molar-refractivity contribution in [3.63, 3.8) is 0 Å². The van der Waals surface area contributed by atoms with Crippen molar-refractivity contribution in [1.29, 1.82) is 0 Å². The summed E-state index contributed by atoms with van der Waals surface area (Å²) in [4.78, 5) is 0.0496. The average Bonchev–Trinajstić information content (AvgIpc) is 2.76. The number of nitrogens with zero attached hydrogens (tertiary/aromatic N) is 2. The quantitative estimate of drug-likeness (QED) is 0.693. The molecule has 0 saturated carbocycles. The molecular weight excluding hydrogens is 288 g/mol. The number of ether oxygens (including phenoxy) is 1. The maximum absolute atomic E-state index is 11.5. The second kappa shape index (κ2) is 7.26. The maximum Gasteiger partial charge on any atom is 0.264 e. The van der Waals surface area contributed by atoms with E-state index in [2.05, 4.69) is 12.0 Å². The Morgan fingerprint density at radius 1 is 1.47 bits per heavy atom. The zero-order chi connectivity index (χ0) is 14.5. The van der Waals surface area contributed by atoms with Gasteiger partial charge in [0.15, 0.2) is 0 Å². The molecule has 1 atom stereocenters. The lowest BCUT2D eigenvalue weighted by atomic mass is 10.3. The molecule has 19 heavy (non-hydrogen) atoms. The van der Waals surface area contributed by atoms with Gasteiger partial charge >= 0.3 is 0 Å². The Bertz CT molecular complexity index is 499. The molecule has 0 fully saturated rings. The summed E-state index contributed by atoms with van der Waals surface area (Å²) in [5, 5.41) is 4.25. The van der Waals surface area contributed by atoms with E-state index in [1.54, 1.807) is 4.68 Å². The number of halogens is 1. The fourth-order valence-electron chi connectivity index (χ4n) is 1.52. The summed E-state index contributed by atoms with van der Waals surface area (Å²) < 4.78 is 30.2. The van der Waals surface area contributed by atoms with Gasteiger partial charge in [-0.1, -0.05) is 20.3 Å². The average molecular weight is 309 g/mol. The summed E-state index contributed by atoms with van der Waals surface area (Å²) in [6.07, 6.45) is 4.36. The van der Waals surface area contributed by atoms with Crippen LogP contribution in [0.2, 0.25) is 0 Å². The minimum atomic E-state index is -3.78. The summed E-state index contributed by atoms with van der Waals surface area (Å²) in [5.41, 5.74) is 0.381. The Balaban J connectivity index is 2.90. The van der Waals surface area contributed by atoms with Crippen molar-refractivity contribution in [1.82, 2.24) is 9.78 Å². The topological polar surface area (TPSA) is 61.2 Å². The normalized spacial score (nSPS) is 13.7. The molecule has 0 aliphatic heterocycles. The van der Waals surface area contributed by atoms with Crippen LogP contribution in [0, 0.1) is 0 Å². The van der Waals surface area contributed by atoms with Gasteiger partial charge < -0.3 is 4.74 Å². The van der Waals surface area contributed by atoms with Crippen LogP contribution in [0.15, 0.2) is 11.1 Å². The third-order valence-corrected chi connectivity index (χ3v) is 4.25. The van der Waals surface area contributed by atoms with Gasteiger partial charge in [-0.25, -0.2) is 8.42 Å². The van der Waals surface area contributed by atoms with Crippen molar-refractivity contribution in [2.24, 2.45) is 0 Å². The Labute approximate surface area is 119 Å². The van der Waals surface area contributed by atoms with Gasteiger partial charge in [-0.15, -0.1) is 0 Å². The smallest absolute Gasteiger partial charge is 0.264 e. The second-order valence-electron chi connectivity index (χ2n) is 4.52. The van der Waals surface area contributed by atoms with Gasteiger partial charge in [-0.05, 0) is 19.8 Å². The first-order chi connectivity index (χ1) is 8.88. The maximum atomic E-state index is 11.5. The zero-order valence-corrected chi connectivity index (χ0v) is 13.2. The van der Waals surface area contributed by atoms with Gasteiger partial charge in [0.25, 0.3) is 9.05 Å². The van der Waals surface area contributed by atoms with E-state index < -0.39 is 9.05 Å². The predicted molar refractivity (Wildman–Crippen MR) is 74.7 cm³/mol. The molecule has 5 nitrogen and oxygen atoms in total. The van der Waals surface area contributed by atoms with E-state index >= 15 is 0 Å². The molecule has 1 aromatic rings. The summed E-state index contributed by atoms with van der Waals surface area (Å²) in [7, 11) is 1.64. The third-order valence-electron chi connectivity index (χ3n) is 2.88. The first-order valence-electron chi connectivity index (χ1n) is 6.51. The molecule has 7 heteroatoms. The summed E-state index contributed by atoms with van der Waals surface area (Å²) >= 11 is 0. The first kappa shape index (κ1) is 16.5. The molecule has 0 aliphatic rings. The highest BCUT2D eigenvalue weighted by molar-refractivity contribution is 8.13. The van der Waals surface area contributed by atoms with Gasteiger partial charge in [-0.3, -0.25) is 4.68 Å². The Morgan fingerprint density at radius 2 is 2.16 bits per heavy atom. The van der Waals surface area contributed by atoms with Crippen molar-refractivity contribution >= 4 is 19.7 Å². The van der Waals surface area contributed by atoms with Crippen LogP contribution in [0.5, 0.6) is 0 Å². The van der Waals surface area contributed by atoms with Crippen LogP contribution in [0.25, 0.3) is 0 Å². The number of hydrogen-bond donors (Lipinski definition) is 0. The van der Waals surface area contributed by atoms with Crippen molar-refractivity contribution in [3.05, 3.63) is 11.9 Å². The molecule has 0 aliphatic carbocycles. The highest BCUT2D eigenvalue weighted by Crippen LogP contribution is 2.20. The van der Waals surface area contributed by atoms with Crippen LogP contribution in [0.4, 0.5) is 0 Å². The van der Waals surface area contributed by atoms with E-state index in [1.807, 2.05) is 13.8 Å². The van der Waals surface area contributed by atoms with Crippen LogP contribution in [0.1, 0.15) is 45.7 Å². The number of rotatable bonds is 8. The van der Waals surface area contributed by atoms with E-state index in [9.17, 15) is 8.42 Å². The van der Waals surface area contributed by atoms with Crippen LogP contribution in [-0.2, 0) is 26.9 Å². The monoisotopic (exact) mass is 308 g/mol. The van der Waals surface area contributed by atoms with Crippen molar-refractivity contribution in [3.8, 4) is 0 Å². The molecule has 0 N–H and O–H groups in total. The first-order valence-corrected chi connectivity index (χ1v) is 8.82. The van der Waals surface area contributed by atoms with Crippen LogP contribution in [-0.4, -0.2) is 24.3 Å². The van der Waals surface area contributed by atoms with Crippen molar-refractivity contribution in [2.45, 2.75) is 64.2 Å². The number of unbranched alkanes of at least 4 members (excludes halogenated alkanes) is 1. The molecule has 1 unspecified atom stereocenters. The fourth-order valence-corrected chi connectivity index (χ4v) is 2.54. The minimum absolute atomic E-state index is 0.0496. The summed E-state index contributed by atoms with van der Waals surface area (Å²) in [6.45, 7) is 6.84. The Morgan fingerprint density at radius 3 is 2.68 bits per heavy atom. The molecule has 1 aromatic heterocycles. The highest BCUT2D eigenvalue weighted by Gasteiger charge is 2.20. The predicted octanol–water partition coefficient (Wildman–Crippen LogP) is 2.93. The van der Waals surface area contributed by atoms with Gasteiger partial charge in [0.1, 0.15) is 10.6 Å². The molecular formula is C12H21ClN2O3S. The van der Waals surface area contributed by atoms with Gasteiger partial charge in [0.05, 0.1) is 12.7 Å². The molecule has 0 saturated heterocycles. The Kier molecular flexibility index (Phi) is 6.29. The number of hydrogen-bond acceptors (Lipinski definition) is 4. The lowest BCUT2D eigenvalue weighted by Crippen LogP contribution is -2.08. The van der Waals surface area contributed by atoms with Gasteiger partial charge in [0, 0.05) is 23.4 Å². The van der Waals surface area contributed by atoms with Crippen molar-refractivity contribution in [2.75, 3.05) is 0 Å². The molecule has 0 radical (unpaired) electrons. The van der Waals surface area contributed by atoms with Gasteiger partial charge in [-0.2, -0.15) is 5.10 Å². The Hall–Kier alpha value is -0.590. The lowest BCUT2D eigenvalue weighted by molar-refractivity contribution is 0.0474. The molecule has 0 bridgehead atoms. The largest absolute Gasteiger partial charge is 0.372 e. The molecule has 110 valence electrons. The highest BCUT2D eigenvalue weighted by atomic mass is 35.7. The lowest BCUT2D eigenvalue weighted by Gasteiger charge is -2.09. The SMILES string of the molecule is CCCCn1cc(S(=O)(=O)Cl)c(COC(C)CC)n1. The van der Waals surface area contributed by atoms with E-state index in [0.29, 0.717) is 12.2 Å². The van der Waals surface area contributed by atoms with Gasteiger partial charge in [0.2, 0.25) is 0 Å². The third kappa shape index (κ3) is 5.12. The molecule has 0 spiro atoms. The molecule has 1 heterocycles. The minimum Gasteiger partial charge on any atom is -0.372 e. The van der Waals surface area contributed by atoms with E-state index in [1.165, 1.54) is 6.20 Å². The van der Waals surface area contributed by atoms with Crippen LogP contribution in [0.3, 0.4) is 0 Å². The van der Waals surface area contributed by atoms with E-state index in [-0.39, 0.29) is 17.6 Å². The number of aromatic nitrogens is 2. The fraction of sp³-hybridized carbons (Fsp3) is 0.750. The molecule has 0 aromatic carbocycles. The molecule has 1 rings (SSSR count). The zero-order valence-electron chi connectivity index (χ0n) is 11.6. The van der Waals surface area contributed by atoms with Crippen LogP contribution < -0.4 is 0 Å². The second-order valence-corrected chi connectivity index (χ2v) is 7.06. The summed E-state index contributed by atoms with van der Waals surface area (Å²) in [5.74, 6) is 0.